The lowest BCUT2D eigenvalue weighted by Gasteiger charge is -2.36. The summed E-state index contributed by atoms with van der Waals surface area (Å²) in [5, 5.41) is 4.60. The molecule has 1 atom stereocenters. The quantitative estimate of drug-likeness (QED) is 0.334. The highest BCUT2D eigenvalue weighted by Gasteiger charge is 2.44. The third kappa shape index (κ3) is 4.80. The van der Waals surface area contributed by atoms with Gasteiger partial charge in [-0.1, -0.05) is 11.6 Å². The number of ether oxygens (including phenoxy) is 1. The van der Waals surface area contributed by atoms with E-state index in [1.54, 1.807) is 0 Å². The van der Waals surface area contributed by atoms with Crippen molar-refractivity contribution in [1.29, 1.82) is 0 Å². The summed E-state index contributed by atoms with van der Waals surface area (Å²) in [7, 11) is 0. The van der Waals surface area contributed by atoms with Crippen LogP contribution in [-0.4, -0.2) is 55.4 Å². The molecule has 11 nitrogen and oxygen atoms in total. The molecule has 0 spiro atoms. The van der Waals surface area contributed by atoms with Crippen molar-refractivity contribution in [3.05, 3.63) is 57.8 Å². The first kappa shape index (κ1) is 27.9. The van der Waals surface area contributed by atoms with Gasteiger partial charge in [0.25, 0.3) is 5.91 Å². The van der Waals surface area contributed by atoms with Crippen LogP contribution >= 0.6 is 11.6 Å². The number of nitrogens with one attached hydrogen (secondary N) is 2. The molecule has 3 aliphatic rings. The Labute approximate surface area is 239 Å². The highest BCUT2D eigenvalue weighted by Crippen LogP contribution is 2.41. The number of imidazole rings is 1. The smallest absolute Gasteiger partial charge is 0.446 e. The minimum absolute atomic E-state index is 0.0328. The maximum atomic E-state index is 15.4. The van der Waals surface area contributed by atoms with E-state index in [1.165, 1.54) is 24.4 Å². The fraction of sp³-hybridized carbons (Fsp3) is 0.385. The summed E-state index contributed by atoms with van der Waals surface area (Å²) < 4.78 is 62.5. The van der Waals surface area contributed by atoms with Gasteiger partial charge in [0.05, 0.1) is 5.56 Å². The number of imide groups is 1. The number of nitrogens with zero attached hydrogens (tertiary/aromatic N) is 4. The Kier molecular flexibility index (Phi) is 6.78. The maximum absolute atomic E-state index is 15.4. The molecule has 6 rings (SSSR count). The first-order valence-corrected chi connectivity index (χ1v) is 13.3. The van der Waals surface area contributed by atoms with E-state index in [4.69, 9.17) is 16.3 Å². The highest BCUT2D eigenvalue weighted by atomic mass is 35.5. The number of pyridine rings is 1. The summed E-state index contributed by atoms with van der Waals surface area (Å²) in [6, 6.07) is 2.57. The number of fused-ring (bicyclic) bond motifs is 2. The minimum atomic E-state index is -4.70. The van der Waals surface area contributed by atoms with Gasteiger partial charge in [0.15, 0.2) is 5.65 Å². The van der Waals surface area contributed by atoms with E-state index < -0.39 is 66.4 Å². The van der Waals surface area contributed by atoms with E-state index in [0.29, 0.717) is 0 Å². The number of benzene rings is 1. The lowest BCUT2D eigenvalue weighted by molar-refractivity contribution is -0.149. The molecular weight excluding hydrogens is 588 g/mol. The number of carbonyl (C=O) groups excluding carboxylic acids is 4. The number of hydrogen-bond donors (Lipinski definition) is 2. The predicted molar refractivity (Wildman–Crippen MR) is 135 cm³/mol. The zero-order chi connectivity index (χ0) is 29.9. The van der Waals surface area contributed by atoms with E-state index >= 15 is 4.39 Å². The molecule has 2 aliphatic heterocycles. The number of alkyl halides is 3. The number of amides is 4. The Morgan fingerprint density at radius 2 is 2.00 bits per heavy atom. The van der Waals surface area contributed by atoms with Crippen LogP contribution in [0.25, 0.3) is 11.2 Å². The molecule has 0 radical (unpaired) electrons. The van der Waals surface area contributed by atoms with Crippen molar-refractivity contribution in [2.45, 2.75) is 63.1 Å². The molecule has 2 N–H and O–H groups in total. The van der Waals surface area contributed by atoms with Gasteiger partial charge >= 0.3 is 12.3 Å². The summed E-state index contributed by atoms with van der Waals surface area (Å²) in [5.41, 5.74) is -0.0594. The summed E-state index contributed by atoms with van der Waals surface area (Å²) in [6.45, 7) is -0.514. The van der Waals surface area contributed by atoms with Gasteiger partial charge in [-0.15, -0.1) is 0 Å². The molecule has 1 aliphatic carbocycles. The van der Waals surface area contributed by atoms with Gasteiger partial charge in [0, 0.05) is 60.7 Å². The maximum Gasteiger partial charge on any atom is 0.449 e. The number of piperidine rings is 1. The minimum Gasteiger partial charge on any atom is -0.446 e. The van der Waals surface area contributed by atoms with Crippen LogP contribution in [0.2, 0.25) is 5.02 Å². The number of aromatic nitrogens is 3. The largest absolute Gasteiger partial charge is 0.449 e. The Balaban J connectivity index is 1.09. The number of carbonyl (C=O) groups is 4. The van der Waals surface area contributed by atoms with Crippen LogP contribution in [0.1, 0.15) is 59.0 Å². The SMILES string of the molecule is O=C1CC[C@H](N2Cc3c(Cl)cc(CNC(=O)OC4CC(n5c(C(F)(F)F)nc6cccnc65)C4)c(F)c3C2=O)C(=O)N1. The number of hydrogen-bond acceptors (Lipinski definition) is 7. The van der Waals surface area contributed by atoms with E-state index in [0.717, 1.165) is 9.47 Å². The third-order valence-corrected chi connectivity index (χ3v) is 7.95. The van der Waals surface area contributed by atoms with Crippen molar-refractivity contribution >= 4 is 46.6 Å². The molecule has 3 aromatic rings. The molecule has 2 aromatic heterocycles. The third-order valence-electron chi connectivity index (χ3n) is 7.62. The van der Waals surface area contributed by atoms with Crippen LogP contribution < -0.4 is 10.6 Å². The monoisotopic (exact) mass is 608 g/mol. The van der Waals surface area contributed by atoms with Crippen molar-refractivity contribution in [3.63, 3.8) is 0 Å². The van der Waals surface area contributed by atoms with Gasteiger partial charge in [0.1, 0.15) is 23.5 Å². The molecular formula is C26H21ClF4N6O5. The Morgan fingerprint density at radius 3 is 2.71 bits per heavy atom. The molecule has 1 saturated heterocycles. The molecule has 220 valence electrons. The zero-order valence-corrected chi connectivity index (χ0v) is 22.3. The van der Waals surface area contributed by atoms with E-state index in [9.17, 15) is 32.3 Å². The van der Waals surface area contributed by atoms with Crippen molar-refractivity contribution in [1.82, 2.24) is 30.1 Å². The number of halogens is 5. The molecule has 4 amide bonds. The molecule has 0 unspecified atom stereocenters. The molecule has 1 saturated carbocycles. The Hall–Kier alpha value is -4.27. The van der Waals surface area contributed by atoms with Crippen molar-refractivity contribution in [2.24, 2.45) is 0 Å². The van der Waals surface area contributed by atoms with Gasteiger partial charge in [-0.05, 0) is 24.6 Å². The Morgan fingerprint density at radius 1 is 1.24 bits per heavy atom. The molecule has 42 heavy (non-hydrogen) atoms. The van der Waals surface area contributed by atoms with E-state index in [1.807, 2.05) is 0 Å². The fourth-order valence-electron chi connectivity index (χ4n) is 5.52. The van der Waals surface area contributed by atoms with Crippen molar-refractivity contribution in [2.75, 3.05) is 0 Å². The van der Waals surface area contributed by atoms with Gasteiger partial charge in [-0.25, -0.2) is 19.2 Å². The standard InChI is InChI=1S/C26H21ClF4N6O5/c27-15-6-11(20(28)19-14(15)10-36(23(19)40)17-3-4-18(38)35-22(17)39)9-33-25(41)42-13-7-12(8-13)37-21-16(2-1-5-32-21)34-24(37)26(29,30)31/h1-2,5-6,12-13,17H,3-4,7-10H2,(H,33,41)(H,35,38,39)/t12?,13?,17-/m0/s1. The van der Waals surface area contributed by atoms with Crippen LogP contribution in [0.4, 0.5) is 22.4 Å². The van der Waals surface area contributed by atoms with Crippen LogP contribution in [0.15, 0.2) is 24.4 Å². The predicted octanol–water partition coefficient (Wildman–Crippen LogP) is 3.63. The van der Waals surface area contributed by atoms with Gasteiger partial charge in [-0.3, -0.25) is 19.7 Å². The molecule has 1 aromatic carbocycles. The van der Waals surface area contributed by atoms with Crippen LogP contribution in [-0.2, 0) is 33.6 Å². The second-order valence-corrected chi connectivity index (χ2v) is 10.6. The molecule has 16 heteroatoms. The molecule has 0 bridgehead atoms. The number of alkyl carbamates (subject to hydrolysis) is 1. The van der Waals surface area contributed by atoms with Crippen LogP contribution in [0.5, 0.6) is 0 Å². The normalized spacial score (nSPS) is 22.2. The van der Waals surface area contributed by atoms with E-state index in [-0.39, 0.29) is 65.1 Å². The highest BCUT2D eigenvalue weighted by molar-refractivity contribution is 6.32. The number of rotatable bonds is 5. The Bertz CT molecular complexity index is 1650. The summed E-state index contributed by atoms with van der Waals surface area (Å²) in [6.07, 6.45) is -4.67. The summed E-state index contributed by atoms with van der Waals surface area (Å²) >= 11 is 6.32. The molecule has 2 fully saturated rings. The summed E-state index contributed by atoms with van der Waals surface area (Å²) in [5.74, 6) is -3.88. The second-order valence-electron chi connectivity index (χ2n) is 10.2. The lowest BCUT2D eigenvalue weighted by Crippen LogP contribution is -2.52. The summed E-state index contributed by atoms with van der Waals surface area (Å²) in [4.78, 5) is 58.0. The van der Waals surface area contributed by atoms with Crippen molar-refractivity contribution in [3.8, 4) is 0 Å². The van der Waals surface area contributed by atoms with Crippen molar-refractivity contribution < 1.29 is 41.5 Å². The fourth-order valence-corrected chi connectivity index (χ4v) is 5.81. The molecule has 4 heterocycles. The van der Waals surface area contributed by atoms with Gasteiger partial charge in [-0.2, -0.15) is 13.2 Å². The van der Waals surface area contributed by atoms with Gasteiger partial charge in [0.2, 0.25) is 17.6 Å². The van der Waals surface area contributed by atoms with Crippen LogP contribution in [0.3, 0.4) is 0 Å². The average Bonchev–Trinajstić information content (AvgIpc) is 3.46. The first-order chi connectivity index (χ1) is 19.9. The zero-order valence-electron chi connectivity index (χ0n) is 21.5. The topological polar surface area (TPSA) is 136 Å². The first-order valence-electron chi connectivity index (χ1n) is 12.9. The van der Waals surface area contributed by atoms with Gasteiger partial charge < -0.3 is 19.5 Å². The van der Waals surface area contributed by atoms with E-state index in [2.05, 4.69) is 20.6 Å². The van der Waals surface area contributed by atoms with Crippen LogP contribution in [0, 0.1) is 5.82 Å². The lowest BCUT2D eigenvalue weighted by atomic mass is 9.89. The second kappa shape index (κ2) is 10.2. The average molecular weight is 609 g/mol.